The van der Waals surface area contributed by atoms with E-state index in [4.69, 9.17) is 4.55 Å². The standard InChI is InChI=1S/C6H13NO2S/c1-2-3-6(8)7-4-5-10-9/h9H,2-5H2,1H3,(H,7,8). The summed E-state index contributed by atoms with van der Waals surface area (Å²) in [7, 11) is 0. The van der Waals surface area contributed by atoms with Crippen LogP contribution in [0.4, 0.5) is 0 Å². The molecule has 0 aliphatic heterocycles. The maximum Gasteiger partial charge on any atom is 0.220 e. The second-order valence-corrected chi connectivity index (χ2v) is 2.60. The molecular weight excluding hydrogens is 150 g/mol. The van der Waals surface area contributed by atoms with E-state index in [9.17, 15) is 4.79 Å². The zero-order valence-electron chi connectivity index (χ0n) is 6.09. The summed E-state index contributed by atoms with van der Waals surface area (Å²) in [6.07, 6.45) is 1.45. The molecule has 10 heavy (non-hydrogen) atoms. The molecule has 60 valence electrons. The van der Waals surface area contributed by atoms with E-state index in [0.29, 0.717) is 18.7 Å². The molecule has 0 rings (SSSR count). The molecular formula is C6H13NO2S. The van der Waals surface area contributed by atoms with E-state index < -0.39 is 0 Å². The molecule has 0 saturated carbocycles. The largest absolute Gasteiger partial charge is 0.355 e. The summed E-state index contributed by atoms with van der Waals surface area (Å²) in [4.78, 5) is 10.7. The number of hydrogen-bond acceptors (Lipinski definition) is 3. The van der Waals surface area contributed by atoms with Gasteiger partial charge in [-0.3, -0.25) is 4.79 Å². The van der Waals surface area contributed by atoms with Gasteiger partial charge in [0.25, 0.3) is 0 Å². The van der Waals surface area contributed by atoms with Crippen molar-refractivity contribution in [2.45, 2.75) is 19.8 Å². The third kappa shape index (κ3) is 5.91. The van der Waals surface area contributed by atoms with Crippen LogP contribution in [0.3, 0.4) is 0 Å². The van der Waals surface area contributed by atoms with Crippen LogP contribution in [0, 0.1) is 0 Å². The van der Waals surface area contributed by atoms with Gasteiger partial charge in [0.2, 0.25) is 5.91 Å². The van der Waals surface area contributed by atoms with Gasteiger partial charge in [0.05, 0.1) is 0 Å². The Morgan fingerprint density at radius 3 is 2.90 bits per heavy atom. The van der Waals surface area contributed by atoms with E-state index in [2.05, 4.69) is 5.32 Å². The summed E-state index contributed by atoms with van der Waals surface area (Å²) in [6, 6.07) is 0. The van der Waals surface area contributed by atoms with Crippen LogP contribution in [0.25, 0.3) is 0 Å². The topological polar surface area (TPSA) is 49.3 Å². The lowest BCUT2D eigenvalue weighted by atomic mass is 10.3. The molecule has 1 amide bonds. The minimum absolute atomic E-state index is 0.0663. The van der Waals surface area contributed by atoms with Gasteiger partial charge in [0.15, 0.2) is 0 Å². The highest BCUT2D eigenvalue weighted by atomic mass is 32.2. The quantitative estimate of drug-likeness (QED) is 0.471. The molecule has 0 aliphatic carbocycles. The average molecular weight is 163 g/mol. The Hall–Kier alpha value is -0.220. The molecule has 0 spiro atoms. The Bertz CT molecular complexity index is 97.7. The predicted molar refractivity (Wildman–Crippen MR) is 43.0 cm³/mol. The van der Waals surface area contributed by atoms with E-state index in [1.807, 2.05) is 6.92 Å². The van der Waals surface area contributed by atoms with Crippen molar-refractivity contribution >= 4 is 17.9 Å². The summed E-state index contributed by atoms with van der Waals surface area (Å²) in [5, 5.41) is 2.66. The minimum atomic E-state index is 0.0663. The minimum Gasteiger partial charge on any atom is -0.355 e. The molecule has 0 atom stereocenters. The number of carbonyl (C=O) groups is 1. The van der Waals surface area contributed by atoms with Gasteiger partial charge < -0.3 is 9.87 Å². The van der Waals surface area contributed by atoms with Gasteiger partial charge in [-0.1, -0.05) is 6.92 Å². The fourth-order valence-corrected chi connectivity index (χ4v) is 0.745. The summed E-state index contributed by atoms with van der Waals surface area (Å²) in [6.45, 7) is 2.51. The zero-order valence-corrected chi connectivity index (χ0v) is 6.91. The highest BCUT2D eigenvalue weighted by Gasteiger charge is 1.95. The van der Waals surface area contributed by atoms with Crippen LogP contribution in [-0.4, -0.2) is 22.8 Å². The Kier molecular flexibility index (Phi) is 6.74. The normalized spacial score (nSPS) is 9.40. The highest BCUT2D eigenvalue weighted by Crippen LogP contribution is 1.88. The van der Waals surface area contributed by atoms with E-state index in [-0.39, 0.29) is 5.91 Å². The summed E-state index contributed by atoms with van der Waals surface area (Å²) < 4.78 is 8.27. The first kappa shape index (κ1) is 9.78. The van der Waals surface area contributed by atoms with Crippen molar-refractivity contribution in [1.29, 1.82) is 0 Å². The third-order valence-electron chi connectivity index (χ3n) is 0.993. The first-order valence-electron chi connectivity index (χ1n) is 3.34. The van der Waals surface area contributed by atoms with Crippen LogP contribution in [0.15, 0.2) is 0 Å². The lowest BCUT2D eigenvalue weighted by Gasteiger charge is -2.00. The average Bonchev–Trinajstić information content (AvgIpc) is 1.89. The first-order chi connectivity index (χ1) is 4.81. The molecule has 0 aliphatic rings. The van der Waals surface area contributed by atoms with Crippen LogP contribution in [0.5, 0.6) is 0 Å². The number of nitrogens with one attached hydrogen (secondary N) is 1. The third-order valence-corrected chi connectivity index (χ3v) is 1.38. The Labute approximate surface area is 65.4 Å². The fourth-order valence-electron chi connectivity index (χ4n) is 0.552. The lowest BCUT2D eigenvalue weighted by Crippen LogP contribution is -2.24. The van der Waals surface area contributed by atoms with Crippen LogP contribution >= 0.6 is 12.0 Å². The van der Waals surface area contributed by atoms with E-state index in [1.54, 1.807) is 0 Å². The van der Waals surface area contributed by atoms with Gasteiger partial charge in [-0.15, -0.1) is 0 Å². The molecule has 3 nitrogen and oxygen atoms in total. The van der Waals surface area contributed by atoms with Crippen LogP contribution < -0.4 is 5.32 Å². The van der Waals surface area contributed by atoms with Gasteiger partial charge in [-0.2, -0.15) is 0 Å². The summed E-state index contributed by atoms with van der Waals surface area (Å²) >= 11 is 0.747. The van der Waals surface area contributed by atoms with Gasteiger partial charge >= 0.3 is 0 Å². The first-order valence-corrected chi connectivity index (χ1v) is 4.28. The Morgan fingerprint density at radius 2 is 2.40 bits per heavy atom. The molecule has 4 heteroatoms. The molecule has 0 radical (unpaired) electrons. The van der Waals surface area contributed by atoms with Gasteiger partial charge in [0, 0.05) is 18.7 Å². The lowest BCUT2D eigenvalue weighted by molar-refractivity contribution is -0.120. The van der Waals surface area contributed by atoms with Crippen molar-refractivity contribution in [2.24, 2.45) is 0 Å². The number of amides is 1. The summed E-state index contributed by atoms with van der Waals surface area (Å²) in [5.74, 6) is 0.631. The Balaban J connectivity index is 3.05. The molecule has 0 fully saturated rings. The van der Waals surface area contributed by atoms with Crippen molar-refractivity contribution in [3.8, 4) is 0 Å². The van der Waals surface area contributed by atoms with Crippen molar-refractivity contribution < 1.29 is 9.35 Å². The second-order valence-electron chi connectivity index (χ2n) is 1.93. The summed E-state index contributed by atoms with van der Waals surface area (Å²) in [5.41, 5.74) is 0. The number of carbonyl (C=O) groups excluding carboxylic acids is 1. The molecule has 0 heterocycles. The zero-order chi connectivity index (χ0) is 7.82. The van der Waals surface area contributed by atoms with Gasteiger partial charge in [-0.25, -0.2) is 0 Å². The smallest absolute Gasteiger partial charge is 0.220 e. The van der Waals surface area contributed by atoms with Gasteiger partial charge in [-0.05, 0) is 18.5 Å². The number of hydrogen-bond donors (Lipinski definition) is 2. The Morgan fingerprint density at radius 1 is 1.70 bits per heavy atom. The molecule has 0 bridgehead atoms. The van der Waals surface area contributed by atoms with Gasteiger partial charge in [0.1, 0.15) is 0 Å². The molecule has 0 aromatic rings. The maximum absolute atomic E-state index is 10.7. The maximum atomic E-state index is 10.7. The van der Waals surface area contributed by atoms with Crippen molar-refractivity contribution in [1.82, 2.24) is 5.32 Å². The van der Waals surface area contributed by atoms with Crippen LogP contribution in [0.1, 0.15) is 19.8 Å². The van der Waals surface area contributed by atoms with Crippen molar-refractivity contribution in [3.63, 3.8) is 0 Å². The van der Waals surface area contributed by atoms with E-state index in [0.717, 1.165) is 18.5 Å². The van der Waals surface area contributed by atoms with Crippen LogP contribution in [-0.2, 0) is 4.79 Å². The van der Waals surface area contributed by atoms with Crippen molar-refractivity contribution in [3.05, 3.63) is 0 Å². The van der Waals surface area contributed by atoms with E-state index >= 15 is 0 Å². The molecule has 0 aromatic carbocycles. The second kappa shape index (κ2) is 6.89. The SMILES string of the molecule is CCCC(=O)NCCSO. The number of rotatable bonds is 5. The predicted octanol–water partition coefficient (Wildman–Crippen LogP) is 1.11. The van der Waals surface area contributed by atoms with Crippen LogP contribution in [0.2, 0.25) is 0 Å². The molecule has 2 N–H and O–H groups in total. The molecule has 0 saturated heterocycles. The molecule has 0 aromatic heterocycles. The monoisotopic (exact) mass is 163 g/mol. The van der Waals surface area contributed by atoms with E-state index in [1.165, 1.54) is 0 Å². The fraction of sp³-hybridized carbons (Fsp3) is 0.833. The highest BCUT2D eigenvalue weighted by molar-refractivity contribution is 7.93. The molecule has 0 unspecified atom stereocenters. The van der Waals surface area contributed by atoms with Crippen molar-refractivity contribution in [2.75, 3.05) is 12.3 Å².